The number of nitrogens with zero attached hydrogens (tertiary/aromatic N) is 1. The van der Waals surface area contributed by atoms with Crippen LogP contribution in [0.1, 0.15) is 12.0 Å². The number of amides is 3. The van der Waals surface area contributed by atoms with E-state index in [1.54, 1.807) is 0 Å². The summed E-state index contributed by atoms with van der Waals surface area (Å²) >= 11 is 0. The monoisotopic (exact) mass is 279 g/mol. The molecule has 0 fully saturated rings. The maximum atomic E-state index is 11.2. The number of primary amides is 1. The Morgan fingerprint density at radius 1 is 1.25 bits per heavy atom. The SMILES string of the molecule is Cc1ccc(OCCN(C)CCC(=O)NC(N)=O)cc1. The van der Waals surface area contributed by atoms with Crippen LogP contribution in [0.3, 0.4) is 0 Å². The minimum atomic E-state index is -0.819. The molecule has 0 saturated heterocycles. The number of carbonyl (C=O) groups is 2. The van der Waals surface area contributed by atoms with Gasteiger partial charge < -0.3 is 15.4 Å². The Kier molecular flexibility index (Phi) is 6.52. The van der Waals surface area contributed by atoms with Crippen molar-refractivity contribution in [3.8, 4) is 5.75 Å². The summed E-state index contributed by atoms with van der Waals surface area (Å²) < 4.78 is 5.59. The van der Waals surface area contributed by atoms with Crippen LogP contribution in [0.2, 0.25) is 0 Å². The molecule has 3 N–H and O–H groups in total. The van der Waals surface area contributed by atoms with Gasteiger partial charge in [-0.25, -0.2) is 4.79 Å². The molecule has 6 nitrogen and oxygen atoms in total. The summed E-state index contributed by atoms with van der Waals surface area (Å²) in [5, 5.41) is 2.03. The third-order valence-electron chi connectivity index (χ3n) is 2.75. The Morgan fingerprint density at radius 2 is 1.90 bits per heavy atom. The largest absolute Gasteiger partial charge is 0.492 e. The lowest BCUT2D eigenvalue weighted by Crippen LogP contribution is -2.37. The van der Waals surface area contributed by atoms with E-state index in [1.165, 1.54) is 5.56 Å². The quantitative estimate of drug-likeness (QED) is 0.776. The van der Waals surface area contributed by atoms with Crippen LogP contribution >= 0.6 is 0 Å². The van der Waals surface area contributed by atoms with Crippen LogP contribution in [0, 0.1) is 6.92 Å². The van der Waals surface area contributed by atoms with E-state index in [2.05, 4.69) is 0 Å². The summed E-state index contributed by atoms with van der Waals surface area (Å²) in [6, 6.07) is 7.02. The molecule has 0 atom stereocenters. The second-order valence-electron chi connectivity index (χ2n) is 4.63. The Morgan fingerprint density at radius 3 is 2.50 bits per heavy atom. The van der Waals surface area contributed by atoms with Crippen LogP contribution in [0.4, 0.5) is 4.79 Å². The minimum absolute atomic E-state index is 0.226. The first-order valence-corrected chi connectivity index (χ1v) is 6.44. The fourth-order valence-corrected chi connectivity index (χ4v) is 1.56. The van der Waals surface area contributed by atoms with Crippen molar-refractivity contribution in [2.75, 3.05) is 26.7 Å². The Hall–Kier alpha value is -2.08. The van der Waals surface area contributed by atoms with Gasteiger partial charge in [0.15, 0.2) is 0 Å². The van der Waals surface area contributed by atoms with Crippen LogP contribution in [-0.4, -0.2) is 43.6 Å². The Bertz CT molecular complexity index is 445. The molecule has 0 aromatic heterocycles. The molecule has 0 saturated carbocycles. The number of imide groups is 1. The standard InChI is InChI=1S/C14H21N3O3/c1-11-3-5-12(6-4-11)20-10-9-17(2)8-7-13(18)16-14(15)19/h3-6H,7-10H2,1-2H3,(H3,15,16,18,19). The number of nitrogens with two attached hydrogens (primary N) is 1. The van der Waals surface area contributed by atoms with E-state index in [0.717, 1.165) is 5.75 Å². The van der Waals surface area contributed by atoms with E-state index >= 15 is 0 Å². The summed E-state index contributed by atoms with van der Waals surface area (Å²) in [5.41, 5.74) is 6.04. The van der Waals surface area contributed by atoms with Gasteiger partial charge in [0.2, 0.25) is 5.91 Å². The van der Waals surface area contributed by atoms with E-state index in [9.17, 15) is 9.59 Å². The first-order valence-electron chi connectivity index (χ1n) is 6.44. The number of ether oxygens (including phenoxy) is 1. The van der Waals surface area contributed by atoms with E-state index in [4.69, 9.17) is 10.5 Å². The molecule has 0 unspecified atom stereocenters. The molecular weight excluding hydrogens is 258 g/mol. The van der Waals surface area contributed by atoms with Crippen molar-refractivity contribution in [3.05, 3.63) is 29.8 Å². The smallest absolute Gasteiger partial charge is 0.318 e. The molecule has 20 heavy (non-hydrogen) atoms. The maximum absolute atomic E-state index is 11.2. The molecule has 0 aliphatic heterocycles. The number of benzene rings is 1. The highest BCUT2D eigenvalue weighted by atomic mass is 16.5. The second-order valence-corrected chi connectivity index (χ2v) is 4.63. The second kappa shape index (κ2) is 8.16. The summed E-state index contributed by atoms with van der Waals surface area (Å²) in [5.74, 6) is 0.458. The molecule has 0 radical (unpaired) electrons. The van der Waals surface area contributed by atoms with Crippen molar-refractivity contribution in [2.45, 2.75) is 13.3 Å². The fraction of sp³-hybridized carbons (Fsp3) is 0.429. The normalized spacial score (nSPS) is 10.3. The lowest BCUT2D eigenvalue weighted by Gasteiger charge is -2.16. The highest BCUT2D eigenvalue weighted by molar-refractivity contribution is 5.93. The van der Waals surface area contributed by atoms with Gasteiger partial charge in [0.1, 0.15) is 12.4 Å². The molecule has 0 spiro atoms. The number of nitrogens with one attached hydrogen (secondary N) is 1. The molecule has 1 aromatic rings. The number of hydrogen-bond acceptors (Lipinski definition) is 4. The third kappa shape index (κ3) is 6.75. The summed E-state index contributed by atoms with van der Waals surface area (Å²) in [6.45, 7) is 3.79. The van der Waals surface area contributed by atoms with Gasteiger partial charge in [-0.05, 0) is 26.1 Å². The molecule has 1 rings (SSSR count). The molecule has 1 aromatic carbocycles. The highest BCUT2D eigenvalue weighted by Crippen LogP contribution is 2.10. The molecule has 3 amide bonds. The predicted molar refractivity (Wildman–Crippen MR) is 76.5 cm³/mol. The summed E-state index contributed by atoms with van der Waals surface area (Å²) in [6.07, 6.45) is 0.226. The predicted octanol–water partition coefficient (Wildman–Crippen LogP) is 0.891. The van der Waals surface area contributed by atoms with Crippen LogP contribution < -0.4 is 15.8 Å². The molecular formula is C14H21N3O3. The zero-order chi connectivity index (χ0) is 15.0. The molecule has 0 heterocycles. The van der Waals surface area contributed by atoms with Crippen LogP contribution in [0.15, 0.2) is 24.3 Å². The number of aryl methyl sites for hydroxylation is 1. The topological polar surface area (TPSA) is 84.7 Å². The van der Waals surface area contributed by atoms with Crippen molar-refractivity contribution in [3.63, 3.8) is 0 Å². The zero-order valence-corrected chi connectivity index (χ0v) is 11.9. The maximum Gasteiger partial charge on any atom is 0.318 e. The van der Waals surface area contributed by atoms with Gasteiger partial charge in [0.05, 0.1) is 0 Å². The van der Waals surface area contributed by atoms with E-state index in [1.807, 2.05) is 48.5 Å². The first kappa shape index (κ1) is 16.0. The van der Waals surface area contributed by atoms with Gasteiger partial charge in [-0.2, -0.15) is 0 Å². The lowest BCUT2D eigenvalue weighted by atomic mass is 10.2. The number of urea groups is 1. The summed E-state index contributed by atoms with van der Waals surface area (Å²) in [4.78, 5) is 23.6. The van der Waals surface area contributed by atoms with Gasteiger partial charge in [0.25, 0.3) is 0 Å². The highest BCUT2D eigenvalue weighted by Gasteiger charge is 2.06. The van der Waals surface area contributed by atoms with Crippen molar-refractivity contribution in [1.82, 2.24) is 10.2 Å². The molecule has 0 bridgehead atoms. The van der Waals surface area contributed by atoms with Crippen LogP contribution in [-0.2, 0) is 4.79 Å². The van der Waals surface area contributed by atoms with Crippen molar-refractivity contribution in [1.29, 1.82) is 0 Å². The first-order chi connectivity index (χ1) is 9.47. The number of carbonyl (C=O) groups excluding carboxylic acids is 2. The lowest BCUT2D eigenvalue weighted by molar-refractivity contribution is -0.120. The van der Waals surface area contributed by atoms with Gasteiger partial charge in [0, 0.05) is 19.5 Å². The van der Waals surface area contributed by atoms with Gasteiger partial charge in [-0.1, -0.05) is 17.7 Å². The van der Waals surface area contributed by atoms with Crippen molar-refractivity contribution < 1.29 is 14.3 Å². The minimum Gasteiger partial charge on any atom is -0.492 e. The van der Waals surface area contributed by atoms with E-state index < -0.39 is 6.03 Å². The Labute approximate surface area is 118 Å². The molecule has 0 aliphatic rings. The fourth-order valence-electron chi connectivity index (χ4n) is 1.56. The summed E-state index contributed by atoms with van der Waals surface area (Å²) in [7, 11) is 1.88. The van der Waals surface area contributed by atoms with Crippen LogP contribution in [0.5, 0.6) is 5.75 Å². The average molecular weight is 279 g/mol. The number of rotatable bonds is 7. The number of likely N-dealkylation sites (N-methyl/N-ethyl adjacent to an activating group) is 1. The Balaban J connectivity index is 2.16. The van der Waals surface area contributed by atoms with Gasteiger partial charge >= 0.3 is 6.03 Å². The molecule has 0 aliphatic carbocycles. The van der Waals surface area contributed by atoms with Gasteiger partial charge in [-0.3, -0.25) is 10.1 Å². The van der Waals surface area contributed by atoms with Crippen LogP contribution in [0.25, 0.3) is 0 Å². The third-order valence-corrected chi connectivity index (χ3v) is 2.75. The number of hydrogen-bond donors (Lipinski definition) is 2. The van der Waals surface area contributed by atoms with E-state index in [-0.39, 0.29) is 12.3 Å². The van der Waals surface area contributed by atoms with E-state index in [0.29, 0.717) is 19.7 Å². The van der Waals surface area contributed by atoms with Crippen molar-refractivity contribution >= 4 is 11.9 Å². The van der Waals surface area contributed by atoms with Gasteiger partial charge in [-0.15, -0.1) is 0 Å². The molecule has 6 heteroatoms. The zero-order valence-electron chi connectivity index (χ0n) is 11.9. The average Bonchev–Trinajstić information content (AvgIpc) is 2.38. The molecule has 110 valence electrons. The van der Waals surface area contributed by atoms with Crippen molar-refractivity contribution in [2.24, 2.45) is 5.73 Å².